The Morgan fingerprint density at radius 1 is 0.977 bits per heavy atom. The number of hydroxylamine groups is 1. The first-order valence-corrected chi connectivity index (χ1v) is 15.4. The lowest BCUT2D eigenvalue weighted by molar-refractivity contribution is -0.138. The van der Waals surface area contributed by atoms with E-state index in [0.717, 1.165) is 43.4 Å². The van der Waals surface area contributed by atoms with Crippen LogP contribution in [0.2, 0.25) is 0 Å². The van der Waals surface area contributed by atoms with Crippen LogP contribution in [0.4, 0.5) is 36.3 Å². The van der Waals surface area contributed by atoms with Crippen LogP contribution in [-0.2, 0) is 11.0 Å². The minimum absolute atomic E-state index is 0.0384. The van der Waals surface area contributed by atoms with Gasteiger partial charge in [0.15, 0.2) is 5.82 Å². The number of alkyl halides is 3. The summed E-state index contributed by atoms with van der Waals surface area (Å²) in [6.45, 7) is 4.54. The molecule has 1 aromatic heterocycles. The van der Waals surface area contributed by atoms with Gasteiger partial charge in [-0.1, -0.05) is 30.3 Å². The lowest BCUT2D eigenvalue weighted by atomic mass is 10.0. The molecular formula is C32H38F3N7O2. The number of halogens is 3. The number of hydrogen-bond donors (Lipinski definition) is 1. The molecule has 0 saturated carbocycles. The number of likely N-dealkylation sites (tertiary alicyclic amines) is 2. The van der Waals surface area contributed by atoms with Crippen molar-refractivity contribution in [2.75, 3.05) is 62.2 Å². The highest BCUT2D eigenvalue weighted by molar-refractivity contribution is 5.68. The molecule has 4 fully saturated rings. The number of piperidine rings is 1. The average Bonchev–Trinajstić information content (AvgIpc) is 3.77. The third-order valence-electron chi connectivity index (χ3n) is 9.64. The van der Waals surface area contributed by atoms with Crippen molar-refractivity contribution >= 4 is 23.1 Å². The predicted molar refractivity (Wildman–Crippen MR) is 162 cm³/mol. The number of benzene rings is 2. The Morgan fingerprint density at radius 2 is 1.77 bits per heavy atom. The van der Waals surface area contributed by atoms with E-state index in [0.29, 0.717) is 36.0 Å². The highest BCUT2D eigenvalue weighted by atomic mass is 19.4. The van der Waals surface area contributed by atoms with Crippen molar-refractivity contribution in [3.8, 4) is 5.75 Å². The Kier molecular flexibility index (Phi) is 7.75. The Labute approximate surface area is 255 Å². The molecule has 3 aromatic rings. The van der Waals surface area contributed by atoms with Crippen LogP contribution in [0.25, 0.3) is 0 Å². The van der Waals surface area contributed by atoms with E-state index in [-0.39, 0.29) is 18.4 Å². The van der Waals surface area contributed by atoms with E-state index in [4.69, 9.17) is 9.57 Å². The van der Waals surface area contributed by atoms with Gasteiger partial charge in [-0.25, -0.2) is 10.0 Å². The maximum Gasteiger partial charge on any atom is 0.421 e. The molecule has 7 rings (SSSR count). The zero-order valence-electron chi connectivity index (χ0n) is 25.0. The summed E-state index contributed by atoms with van der Waals surface area (Å²) < 4.78 is 48.0. The number of nitrogens with zero attached hydrogens (tertiary/aromatic N) is 6. The second kappa shape index (κ2) is 11.7. The zero-order valence-corrected chi connectivity index (χ0v) is 25.0. The van der Waals surface area contributed by atoms with E-state index in [9.17, 15) is 13.2 Å². The molecule has 12 heteroatoms. The summed E-state index contributed by atoms with van der Waals surface area (Å²) in [5, 5.41) is 4.36. The van der Waals surface area contributed by atoms with Crippen LogP contribution in [0.15, 0.2) is 54.7 Å². The predicted octanol–water partition coefficient (Wildman–Crippen LogP) is 5.49. The zero-order chi connectivity index (χ0) is 30.4. The molecule has 4 aliphatic rings. The average molecular weight is 610 g/mol. The summed E-state index contributed by atoms with van der Waals surface area (Å²) in [6.07, 6.45) is 0.225. The standard InChI is InChI=1S/C32H38F3N7O2/c1-39-19-25-17-24(39)20-41(25)23-10-13-40(14-11-23)28-9-8-22(16-29(28)43-2)37-31-36-18-26(32(33,34)35)30(38-31)42-27(12-15-44-42)21-6-4-3-5-7-21/h3-9,16,18,23-25,27H,10-15,17,19-20H2,1-2H3,(H,36,37,38)/t24-,25-,27+/m1/s1. The van der Waals surface area contributed by atoms with Crippen LogP contribution >= 0.6 is 0 Å². The van der Waals surface area contributed by atoms with Crippen molar-refractivity contribution in [3.05, 3.63) is 65.9 Å². The smallest absolute Gasteiger partial charge is 0.421 e. The summed E-state index contributed by atoms with van der Waals surface area (Å²) >= 11 is 0. The van der Waals surface area contributed by atoms with Gasteiger partial charge in [-0.05, 0) is 44.0 Å². The fraction of sp³-hybridized carbons (Fsp3) is 0.500. The minimum atomic E-state index is -4.65. The highest BCUT2D eigenvalue weighted by Gasteiger charge is 2.45. The van der Waals surface area contributed by atoms with E-state index >= 15 is 0 Å². The fourth-order valence-corrected chi connectivity index (χ4v) is 7.38. The van der Waals surface area contributed by atoms with Gasteiger partial charge in [0, 0.05) is 68.7 Å². The number of anilines is 4. The van der Waals surface area contributed by atoms with Gasteiger partial charge in [0.1, 0.15) is 11.3 Å². The van der Waals surface area contributed by atoms with Crippen LogP contribution < -0.4 is 20.0 Å². The Bertz CT molecular complexity index is 1470. The fourth-order valence-electron chi connectivity index (χ4n) is 7.38. The van der Waals surface area contributed by atoms with Crippen LogP contribution in [0.5, 0.6) is 5.75 Å². The molecule has 0 unspecified atom stereocenters. The molecule has 2 bridgehead atoms. The molecule has 5 heterocycles. The SMILES string of the molecule is COc1cc(Nc2ncc(C(F)(F)F)c(N3OCC[C@H]3c3ccccc3)n2)ccc1N1CCC(N2C[C@H]3C[C@@H]2CN3C)CC1. The third-order valence-corrected chi connectivity index (χ3v) is 9.64. The molecule has 234 valence electrons. The van der Waals surface area contributed by atoms with Crippen LogP contribution in [-0.4, -0.2) is 84.8 Å². The van der Waals surface area contributed by atoms with Gasteiger partial charge in [0.05, 0.1) is 25.4 Å². The van der Waals surface area contributed by atoms with Gasteiger partial charge < -0.3 is 19.9 Å². The number of likely N-dealkylation sites (N-methyl/N-ethyl adjacent to an activating group) is 1. The molecule has 4 aliphatic heterocycles. The summed E-state index contributed by atoms with van der Waals surface area (Å²) in [5.74, 6) is 0.414. The Morgan fingerprint density at radius 3 is 2.45 bits per heavy atom. The first-order chi connectivity index (χ1) is 21.3. The molecular weight excluding hydrogens is 571 g/mol. The molecule has 2 aromatic carbocycles. The van der Waals surface area contributed by atoms with Gasteiger partial charge in [-0.2, -0.15) is 18.2 Å². The molecule has 1 N–H and O–H groups in total. The van der Waals surface area contributed by atoms with E-state index in [1.807, 2.05) is 48.5 Å². The summed E-state index contributed by atoms with van der Waals surface area (Å²) in [7, 11) is 3.87. The van der Waals surface area contributed by atoms with Gasteiger partial charge in [-0.15, -0.1) is 0 Å². The van der Waals surface area contributed by atoms with Gasteiger partial charge in [-0.3, -0.25) is 9.74 Å². The Hall–Kier alpha value is -3.61. The maximum absolute atomic E-state index is 14.1. The topological polar surface area (TPSA) is 69.2 Å². The second-order valence-electron chi connectivity index (χ2n) is 12.2. The molecule has 0 spiro atoms. The number of ether oxygens (including phenoxy) is 1. The number of hydrogen-bond acceptors (Lipinski definition) is 9. The summed E-state index contributed by atoms with van der Waals surface area (Å²) in [6, 6.07) is 16.7. The number of rotatable bonds is 7. The monoisotopic (exact) mass is 609 g/mol. The normalized spacial score (nSPS) is 24.8. The maximum atomic E-state index is 14.1. The minimum Gasteiger partial charge on any atom is -0.495 e. The van der Waals surface area contributed by atoms with Crippen molar-refractivity contribution < 1.29 is 22.7 Å². The first kappa shape index (κ1) is 29.1. The number of fused-ring (bicyclic) bond motifs is 2. The van der Waals surface area contributed by atoms with Gasteiger partial charge in [0.25, 0.3) is 0 Å². The first-order valence-electron chi connectivity index (χ1n) is 15.4. The Balaban J connectivity index is 1.07. The number of aromatic nitrogens is 2. The van der Waals surface area contributed by atoms with Gasteiger partial charge >= 0.3 is 6.18 Å². The lowest BCUT2D eigenvalue weighted by Crippen LogP contribution is -2.52. The van der Waals surface area contributed by atoms with Crippen molar-refractivity contribution in [2.24, 2.45) is 0 Å². The molecule has 4 saturated heterocycles. The van der Waals surface area contributed by atoms with Crippen LogP contribution in [0, 0.1) is 0 Å². The summed E-state index contributed by atoms with van der Waals surface area (Å²) in [4.78, 5) is 21.7. The second-order valence-corrected chi connectivity index (χ2v) is 12.2. The van der Waals surface area contributed by atoms with Crippen molar-refractivity contribution in [3.63, 3.8) is 0 Å². The van der Waals surface area contributed by atoms with E-state index in [2.05, 4.69) is 37.0 Å². The van der Waals surface area contributed by atoms with Gasteiger partial charge in [0.2, 0.25) is 5.95 Å². The molecule has 0 aliphatic carbocycles. The molecule has 3 atom stereocenters. The van der Waals surface area contributed by atoms with E-state index in [1.165, 1.54) is 24.6 Å². The third kappa shape index (κ3) is 5.54. The van der Waals surface area contributed by atoms with Crippen molar-refractivity contribution in [1.29, 1.82) is 0 Å². The quantitative estimate of drug-likeness (QED) is 0.375. The lowest BCUT2D eigenvalue weighted by Gasteiger charge is -2.42. The number of piperazine rings is 1. The van der Waals surface area contributed by atoms with Crippen molar-refractivity contribution in [2.45, 2.75) is 56.0 Å². The van der Waals surface area contributed by atoms with E-state index < -0.39 is 17.8 Å². The highest BCUT2D eigenvalue weighted by Crippen LogP contribution is 2.42. The van der Waals surface area contributed by atoms with Crippen LogP contribution in [0.3, 0.4) is 0 Å². The molecule has 44 heavy (non-hydrogen) atoms. The molecule has 0 radical (unpaired) electrons. The molecule has 9 nitrogen and oxygen atoms in total. The number of nitrogens with one attached hydrogen (secondary N) is 1. The van der Waals surface area contributed by atoms with Crippen LogP contribution in [0.1, 0.15) is 42.9 Å². The number of methoxy groups -OCH3 is 1. The largest absolute Gasteiger partial charge is 0.495 e. The molecule has 0 amide bonds. The van der Waals surface area contributed by atoms with E-state index in [1.54, 1.807) is 7.11 Å². The summed E-state index contributed by atoms with van der Waals surface area (Å²) in [5.41, 5.74) is 1.53. The van der Waals surface area contributed by atoms with Crippen molar-refractivity contribution in [1.82, 2.24) is 19.8 Å².